The van der Waals surface area contributed by atoms with Crippen molar-refractivity contribution < 1.29 is 9.53 Å². The van der Waals surface area contributed by atoms with E-state index in [-0.39, 0.29) is 27.6 Å². The molecular weight excluding hydrogens is 297 g/mol. The van der Waals surface area contributed by atoms with E-state index in [1.807, 2.05) is 32.0 Å². The number of carbonyl (C=O) groups is 1. The molecule has 0 aliphatic heterocycles. The molecule has 108 valence electrons. The lowest BCUT2D eigenvalue weighted by Gasteiger charge is -2.10. The Balaban J connectivity index is 2.12. The molecule has 1 aliphatic carbocycles. The first-order valence-electron chi connectivity index (χ1n) is 6.34. The van der Waals surface area contributed by atoms with Crippen molar-refractivity contribution in [2.45, 2.75) is 13.8 Å². The van der Waals surface area contributed by atoms with Gasteiger partial charge in [-0.2, -0.15) is 0 Å². The lowest BCUT2D eigenvalue weighted by Crippen LogP contribution is -2.17. The van der Waals surface area contributed by atoms with Gasteiger partial charge in [0.2, 0.25) is 5.91 Å². The van der Waals surface area contributed by atoms with Gasteiger partial charge in [-0.05, 0) is 29.5 Å². The van der Waals surface area contributed by atoms with Gasteiger partial charge in [-0.3, -0.25) is 4.79 Å². The second kappa shape index (κ2) is 5.66. The summed E-state index contributed by atoms with van der Waals surface area (Å²) >= 11 is 11.4. The summed E-state index contributed by atoms with van der Waals surface area (Å²) in [5.41, 5.74) is 0.531. The summed E-state index contributed by atoms with van der Waals surface area (Å²) in [6.07, 6.45) is 1.73. The Labute approximate surface area is 128 Å². The van der Waals surface area contributed by atoms with Gasteiger partial charge in [-0.25, -0.2) is 0 Å². The van der Waals surface area contributed by atoms with Crippen molar-refractivity contribution in [3.8, 4) is 5.75 Å². The quantitative estimate of drug-likeness (QED) is 0.903. The Morgan fingerprint density at radius 2 is 2.00 bits per heavy atom. The molecule has 1 saturated carbocycles. The molecule has 0 heterocycles. The summed E-state index contributed by atoms with van der Waals surface area (Å²) < 4.78 is 5.43. The minimum Gasteiger partial charge on any atom is -0.495 e. The van der Waals surface area contributed by atoms with Gasteiger partial charge in [0, 0.05) is 0 Å². The van der Waals surface area contributed by atoms with Crippen molar-refractivity contribution >= 4 is 34.8 Å². The largest absolute Gasteiger partial charge is 0.495 e. The first kappa shape index (κ1) is 15.2. The second-order valence-corrected chi connectivity index (χ2v) is 6.48. The number of allylic oxidation sites excluding steroid dienone is 1. The molecule has 1 fully saturated rings. The fraction of sp³-hybridized carbons (Fsp3) is 0.400. The Hall–Kier alpha value is -1.19. The smallest absolute Gasteiger partial charge is 0.228 e. The minimum absolute atomic E-state index is 0.0460. The normalized spacial score (nSPS) is 22.9. The van der Waals surface area contributed by atoms with Crippen LogP contribution in [0.2, 0.25) is 0 Å². The van der Waals surface area contributed by atoms with Gasteiger partial charge in [0.15, 0.2) is 0 Å². The van der Waals surface area contributed by atoms with Crippen LogP contribution in [0, 0.1) is 17.3 Å². The Morgan fingerprint density at radius 1 is 1.35 bits per heavy atom. The summed E-state index contributed by atoms with van der Waals surface area (Å²) in [6, 6.07) is 7.32. The summed E-state index contributed by atoms with van der Waals surface area (Å²) in [7, 11) is 1.57. The fourth-order valence-corrected chi connectivity index (χ4v) is 2.86. The molecule has 0 spiro atoms. The molecule has 1 amide bonds. The third kappa shape index (κ3) is 2.94. The zero-order valence-corrected chi connectivity index (χ0v) is 13.1. The number of nitrogens with one attached hydrogen (secondary N) is 1. The molecule has 1 aromatic rings. The SMILES string of the molecule is COc1ccccc1NC(=O)[C@H]1[C@H](C=C(Cl)Cl)C1(C)C. The maximum Gasteiger partial charge on any atom is 0.228 e. The first-order chi connectivity index (χ1) is 9.37. The molecule has 0 bridgehead atoms. The van der Waals surface area contributed by atoms with Crippen LogP contribution in [0.4, 0.5) is 5.69 Å². The number of halogens is 2. The standard InChI is InChI=1S/C15H17Cl2NO2/c1-15(2)9(8-12(16)17)13(15)14(19)18-10-6-4-5-7-11(10)20-3/h4-9,13H,1-3H3,(H,18,19)/t9-,13+/m0/s1. The van der Waals surface area contributed by atoms with Crippen molar-refractivity contribution in [3.63, 3.8) is 0 Å². The first-order valence-corrected chi connectivity index (χ1v) is 7.10. The van der Waals surface area contributed by atoms with Gasteiger partial charge >= 0.3 is 0 Å². The zero-order chi connectivity index (χ0) is 14.9. The second-order valence-electron chi connectivity index (χ2n) is 5.47. The van der Waals surface area contributed by atoms with Crippen molar-refractivity contribution in [1.82, 2.24) is 0 Å². The molecule has 0 radical (unpaired) electrons. The average Bonchev–Trinajstić information content (AvgIpc) is 2.90. The number of rotatable bonds is 4. The lowest BCUT2D eigenvalue weighted by molar-refractivity contribution is -0.118. The number of benzene rings is 1. The number of methoxy groups -OCH3 is 1. The predicted molar refractivity (Wildman–Crippen MR) is 82.2 cm³/mol. The van der Waals surface area contributed by atoms with Crippen LogP contribution in [0.3, 0.4) is 0 Å². The molecule has 0 saturated heterocycles. The van der Waals surface area contributed by atoms with Crippen LogP contribution in [0.1, 0.15) is 13.8 Å². The monoisotopic (exact) mass is 313 g/mol. The molecule has 0 aromatic heterocycles. The zero-order valence-electron chi connectivity index (χ0n) is 11.6. The molecule has 1 N–H and O–H groups in total. The van der Waals surface area contributed by atoms with E-state index in [1.165, 1.54) is 0 Å². The van der Waals surface area contributed by atoms with Gasteiger partial charge < -0.3 is 10.1 Å². The van der Waals surface area contributed by atoms with Gasteiger partial charge in [0.1, 0.15) is 10.2 Å². The molecule has 20 heavy (non-hydrogen) atoms. The maximum absolute atomic E-state index is 12.4. The van der Waals surface area contributed by atoms with Gasteiger partial charge in [0.05, 0.1) is 18.7 Å². The Morgan fingerprint density at radius 3 is 2.60 bits per heavy atom. The van der Waals surface area contributed by atoms with E-state index in [4.69, 9.17) is 27.9 Å². The van der Waals surface area contributed by atoms with E-state index in [9.17, 15) is 4.79 Å². The maximum atomic E-state index is 12.4. The van der Waals surface area contributed by atoms with E-state index in [0.29, 0.717) is 11.4 Å². The number of hydrogen-bond donors (Lipinski definition) is 1. The minimum atomic E-state index is -0.139. The topological polar surface area (TPSA) is 38.3 Å². The average molecular weight is 314 g/mol. The summed E-state index contributed by atoms with van der Waals surface area (Å²) in [4.78, 5) is 12.4. The summed E-state index contributed by atoms with van der Waals surface area (Å²) in [5, 5.41) is 2.90. The number of carbonyl (C=O) groups excluding carboxylic acids is 1. The van der Waals surface area contributed by atoms with Crippen LogP contribution in [-0.4, -0.2) is 13.0 Å². The molecule has 1 aliphatic rings. The van der Waals surface area contributed by atoms with Crippen molar-refractivity contribution in [2.24, 2.45) is 17.3 Å². The van der Waals surface area contributed by atoms with Crippen LogP contribution < -0.4 is 10.1 Å². The number of amides is 1. The predicted octanol–water partition coefficient (Wildman–Crippen LogP) is 4.22. The summed E-state index contributed by atoms with van der Waals surface area (Å²) in [5.74, 6) is 0.513. The van der Waals surface area contributed by atoms with E-state index in [2.05, 4.69) is 5.32 Å². The van der Waals surface area contributed by atoms with Crippen LogP contribution in [0.25, 0.3) is 0 Å². The fourth-order valence-electron chi connectivity index (χ4n) is 2.58. The van der Waals surface area contributed by atoms with E-state index < -0.39 is 0 Å². The number of hydrogen-bond acceptors (Lipinski definition) is 2. The van der Waals surface area contributed by atoms with Crippen molar-refractivity contribution in [2.75, 3.05) is 12.4 Å². The highest BCUT2D eigenvalue weighted by molar-refractivity contribution is 6.55. The van der Waals surface area contributed by atoms with Crippen molar-refractivity contribution in [1.29, 1.82) is 0 Å². The Kier molecular flexibility index (Phi) is 4.31. The van der Waals surface area contributed by atoms with Crippen LogP contribution >= 0.6 is 23.2 Å². The van der Waals surface area contributed by atoms with E-state index in [0.717, 1.165) is 0 Å². The molecule has 1 aromatic carbocycles. The molecule has 3 nitrogen and oxygen atoms in total. The highest BCUT2D eigenvalue weighted by Crippen LogP contribution is 2.60. The van der Waals surface area contributed by atoms with E-state index >= 15 is 0 Å². The van der Waals surface area contributed by atoms with Gasteiger partial charge in [-0.15, -0.1) is 0 Å². The van der Waals surface area contributed by atoms with Crippen LogP contribution in [0.5, 0.6) is 5.75 Å². The third-order valence-electron chi connectivity index (χ3n) is 3.86. The molecular formula is C15H17Cl2NO2. The van der Waals surface area contributed by atoms with E-state index in [1.54, 1.807) is 19.3 Å². The molecule has 0 unspecified atom stereocenters. The van der Waals surface area contributed by atoms with Gasteiger partial charge in [-0.1, -0.05) is 49.2 Å². The Bertz CT molecular complexity index is 551. The van der Waals surface area contributed by atoms with Gasteiger partial charge in [0.25, 0.3) is 0 Å². The lowest BCUT2D eigenvalue weighted by atomic mass is 10.1. The van der Waals surface area contributed by atoms with Crippen molar-refractivity contribution in [3.05, 3.63) is 34.8 Å². The van der Waals surface area contributed by atoms with Crippen LogP contribution in [-0.2, 0) is 4.79 Å². The highest BCUT2D eigenvalue weighted by atomic mass is 35.5. The molecule has 2 atom stereocenters. The summed E-state index contributed by atoms with van der Waals surface area (Å²) in [6.45, 7) is 4.05. The number of ether oxygens (including phenoxy) is 1. The number of anilines is 1. The third-order valence-corrected chi connectivity index (χ3v) is 4.12. The highest BCUT2D eigenvalue weighted by Gasteiger charge is 2.60. The molecule has 2 rings (SSSR count). The van der Waals surface area contributed by atoms with Crippen LogP contribution in [0.15, 0.2) is 34.8 Å². The number of para-hydroxylation sites is 2. The molecule has 5 heteroatoms.